The van der Waals surface area contributed by atoms with Gasteiger partial charge in [-0.1, -0.05) is 12.1 Å². The molecule has 0 heterocycles. The Morgan fingerprint density at radius 3 is 2.58 bits per heavy atom. The molecule has 0 fully saturated rings. The van der Waals surface area contributed by atoms with Crippen LogP contribution in [0, 0.1) is 5.41 Å². The Bertz CT molecular complexity index is 409. The molecule has 106 valence electrons. The maximum atomic E-state index is 7.29. The Kier molecular flexibility index (Phi) is 6.15. The lowest BCUT2D eigenvalue weighted by Gasteiger charge is -2.24. The van der Waals surface area contributed by atoms with E-state index in [1.807, 2.05) is 38.2 Å². The van der Waals surface area contributed by atoms with Gasteiger partial charge in [0, 0.05) is 19.0 Å². The van der Waals surface area contributed by atoms with Crippen molar-refractivity contribution in [3.8, 4) is 11.5 Å². The van der Waals surface area contributed by atoms with E-state index in [9.17, 15) is 0 Å². The quantitative estimate of drug-likeness (QED) is 0.554. The van der Waals surface area contributed by atoms with Crippen LogP contribution in [0.4, 0.5) is 0 Å². The third-order valence-corrected chi connectivity index (χ3v) is 3.04. The predicted octanol–water partition coefficient (Wildman–Crippen LogP) is 1.72. The third-order valence-electron chi connectivity index (χ3n) is 3.04. The van der Waals surface area contributed by atoms with E-state index in [4.69, 9.17) is 20.6 Å². The molecule has 0 aromatic heterocycles. The standard InChI is InChI=1S/C14H23N3O2/c1-11(10-14(15)16)17(2)8-9-19-13-7-5-4-6-12(13)18-3/h4-7,11H,8-10H2,1-3H3,(H3,15,16). The number of likely N-dealkylation sites (N-methyl/N-ethyl adjacent to an activating group) is 1. The molecule has 1 aromatic rings. The number of hydrogen-bond donors (Lipinski definition) is 2. The SMILES string of the molecule is COc1ccccc1OCCN(C)C(C)CC(=N)N. The van der Waals surface area contributed by atoms with Crippen molar-refractivity contribution in [2.75, 3.05) is 27.3 Å². The number of benzene rings is 1. The minimum Gasteiger partial charge on any atom is -0.493 e. The Labute approximate surface area is 114 Å². The van der Waals surface area contributed by atoms with Gasteiger partial charge in [0.25, 0.3) is 0 Å². The fourth-order valence-corrected chi connectivity index (χ4v) is 1.73. The van der Waals surface area contributed by atoms with Gasteiger partial charge < -0.3 is 15.2 Å². The second-order valence-electron chi connectivity index (χ2n) is 4.56. The van der Waals surface area contributed by atoms with Gasteiger partial charge in [-0.05, 0) is 26.1 Å². The van der Waals surface area contributed by atoms with Gasteiger partial charge in [0.05, 0.1) is 12.9 Å². The van der Waals surface area contributed by atoms with E-state index in [0.29, 0.717) is 13.0 Å². The molecule has 0 saturated carbocycles. The van der Waals surface area contributed by atoms with Crippen LogP contribution in [0.5, 0.6) is 11.5 Å². The molecule has 1 aromatic carbocycles. The summed E-state index contributed by atoms with van der Waals surface area (Å²) in [6, 6.07) is 7.82. The molecular formula is C14H23N3O2. The van der Waals surface area contributed by atoms with Crippen molar-refractivity contribution in [3.05, 3.63) is 24.3 Å². The first kappa shape index (κ1) is 15.3. The number of ether oxygens (including phenoxy) is 2. The molecule has 0 radical (unpaired) electrons. The monoisotopic (exact) mass is 265 g/mol. The molecule has 0 bridgehead atoms. The number of nitrogens with one attached hydrogen (secondary N) is 1. The van der Waals surface area contributed by atoms with Crippen molar-refractivity contribution in [1.29, 1.82) is 5.41 Å². The largest absolute Gasteiger partial charge is 0.493 e. The van der Waals surface area contributed by atoms with E-state index >= 15 is 0 Å². The minimum absolute atomic E-state index is 0.213. The number of para-hydroxylation sites is 2. The first-order valence-electron chi connectivity index (χ1n) is 6.33. The summed E-state index contributed by atoms with van der Waals surface area (Å²) in [7, 11) is 3.63. The van der Waals surface area contributed by atoms with Crippen molar-refractivity contribution in [2.45, 2.75) is 19.4 Å². The molecule has 0 aliphatic carbocycles. The van der Waals surface area contributed by atoms with Gasteiger partial charge in [0.15, 0.2) is 11.5 Å². The number of methoxy groups -OCH3 is 1. The van der Waals surface area contributed by atoms with Crippen LogP contribution in [0.3, 0.4) is 0 Å². The van der Waals surface area contributed by atoms with E-state index in [2.05, 4.69) is 4.90 Å². The predicted molar refractivity (Wildman–Crippen MR) is 77.1 cm³/mol. The number of rotatable bonds is 8. The number of nitrogens with two attached hydrogens (primary N) is 1. The Morgan fingerprint density at radius 2 is 2.00 bits per heavy atom. The highest BCUT2D eigenvalue weighted by Crippen LogP contribution is 2.25. The smallest absolute Gasteiger partial charge is 0.161 e. The van der Waals surface area contributed by atoms with E-state index in [1.165, 1.54) is 0 Å². The summed E-state index contributed by atoms with van der Waals surface area (Å²) < 4.78 is 10.9. The molecule has 19 heavy (non-hydrogen) atoms. The first-order valence-corrected chi connectivity index (χ1v) is 6.33. The van der Waals surface area contributed by atoms with Gasteiger partial charge in [0.1, 0.15) is 6.61 Å². The third kappa shape index (κ3) is 5.18. The molecule has 0 aliphatic rings. The maximum absolute atomic E-state index is 7.29. The average Bonchev–Trinajstić information content (AvgIpc) is 2.38. The normalized spacial score (nSPS) is 12.2. The zero-order valence-electron chi connectivity index (χ0n) is 11.8. The van der Waals surface area contributed by atoms with Crippen molar-refractivity contribution < 1.29 is 9.47 Å². The minimum atomic E-state index is 0.213. The van der Waals surface area contributed by atoms with E-state index < -0.39 is 0 Å². The number of hydrogen-bond acceptors (Lipinski definition) is 4. The molecule has 1 atom stereocenters. The molecule has 0 amide bonds. The summed E-state index contributed by atoms with van der Waals surface area (Å²) in [4.78, 5) is 2.12. The van der Waals surface area contributed by atoms with Crippen LogP contribution < -0.4 is 15.2 Å². The molecule has 0 spiro atoms. The lowest BCUT2D eigenvalue weighted by atomic mass is 10.2. The molecule has 5 nitrogen and oxygen atoms in total. The number of nitrogens with zero attached hydrogens (tertiary/aromatic N) is 1. The van der Waals surface area contributed by atoms with Gasteiger partial charge in [-0.15, -0.1) is 0 Å². The van der Waals surface area contributed by atoms with Gasteiger partial charge >= 0.3 is 0 Å². The summed E-state index contributed by atoms with van der Waals surface area (Å²) in [5, 5.41) is 7.29. The van der Waals surface area contributed by atoms with Crippen LogP contribution in [0.2, 0.25) is 0 Å². The molecule has 0 aliphatic heterocycles. The summed E-state index contributed by atoms with van der Waals surface area (Å²) in [6.07, 6.45) is 0.575. The van der Waals surface area contributed by atoms with Crippen molar-refractivity contribution >= 4 is 5.84 Å². The second-order valence-corrected chi connectivity index (χ2v) is 4.56. The lowest BCUT2D eigenvalue weighted by molar-refractivity contribution is 0.198. The highest BCUT2D eigenvalue weighted by molar-refractivity contribution is 5.77. The Morgan fingerprint density at radius 1 is 1.37 bits per heavy atom. The maximum Gasteiger partial charge on any atom is 0.161 e. The molecule has 1 unspecified atom stereocenters. The van der Waals surface area contributed by atoms with Crippen LogP contribution in [-0.4, -0.2) is 44.1 Å². The zero-order valence-corrected chi connectivity index (χ0v) is 11.8. The lowest BCUT2D eigenvalue weighted by Crippen LogP contribution is -2.35. The molecule has 0 saturated heterocycles. The van der Waals surface area contributed by atoms with E-state index in [0.717, 1.165) is 18.0 Å². The topological polar surface area (TPSA) is 71.6 Å². The number of amidine groups is 1. The van der Waals surface area contributed by atoms with Crippen molar-refractivity contribution in [3.63, 3.8) is 0 Å². The van der Waals surface area contributed by atoms with Crippen LogP contribution in [-0.2, 0) is 0 Å². The summed E-state index contributed by atoms with van der Waals surface area (Å²) in [6.45, 7) is 3.39. The fraction of sp³-hybridized carbons (Fsp3) is 0.500. The highest BCUT2D eigenvalue weighted by atomic mass is 16.5. The van der Waals surface area contributed by atoms with Gasteiger partial charge in [0.2, 0.25) is 0 Å². The zero-order chi connectivity index (χ0) is 14.3. The summed E-state index contributed by atoms with van der Waals surface area (Å²) in [5.41, 5.74) is 5.40. The van der Waals surface area contributed by atoms with Crippen molar-refractivity contribution in [1.82, 2.24) is 4.90 Å². The Hall–Kier alpha value is -1.75. The van der Waals surface area contributed by atoms with E-state index in [1.54, 1.807) is 7.11 Å². The van der Waals surface area contributed by atoms with Gasteiger partial charge in [-0.25, -0.2) is 0 Å². The Balaban J connectivity index is 2.39. The molecule has 5 heteroatoms. The summed E-state index contributed by atoms with van der Waals surface area (Å²) in [5.74, 6) is 1.70. The molecular weight excluding hydrogens is 242 g/mol. The fourth-order valence-electron chi connectivity index (χ4n) is 1.73. The van der Waals surface area contributed by atoms with Crippen LogP contribution in [0.25, 0.3) is 0 Å². The molecule has 3 N–H and O–H groups in total. The second kappa shape index (κ2) is 7.63. The van der Waals surface area contributed by atoms with Gasteiger partial charge in [-0.3, -0.25) is 10.3 Å². The van der Waals surface area contributed by atoms with Crippen molar-refractivity contribution in [2.24, 2.45) is 5.73 Å². The average molecular weight is 265 g/mol. The van der Waals surface area contributed by atoms with Crippen LogP contribution >= 0.6 is 0 Å². The highest BCUT2D eigenvalue weighted by Gasteiger charge is 2.10. The van der Waals surface area contributed by atoms with Gasteiger partial charge in [-0.2, -0.15) is 0 Å². The molecule has 1 rings (SSSR count). The first-order chi connectivity index (χ1) is 9.04. The summed E-state index contributed by atoms with van der Waals surface area (Å²) >= 11 is 0. The van der Waals surface area contributed by atoms with Crippen LogP contribution in [0.15, 0.2) is 24.3 Å². The van der Waals surface area contributed by atoms with E-state index in [-0.39, 0.29) is 11.9 Å². The van der Waals surface area contributed by atoms with Crippen LogP contribution in [0.1, 0.15) is 13.3 Å².